The number of nitrogens with one attached hydrogen (secondary N) is 1. The summed E-state index contributed by atoms with van der Waals surface area (Å²) < 4.78 is 0. The molecule has 0 aliphatic heterocycles. The zero-order valence-electron chi connectivity index (χ0n) is 12.9. The van der Waals surface area contributed by atoms with Gasteiger partial charge in [0.25, 0.3) is 0 Å². The molecule has 0 bridgehead atoms. The molecule has 2 aromatic rings. The molecule has 0 radical (unpaired) electrons. The molecular formula is C18H19Cl2NO2. The van der Waals surface area contributed by atoms with Crippen molar-refractivity contribution in [1.29, 1.82) is 0 Å². The summed E-state index contributed by atoms with van der Waals surface area (Å²) in [6, 6.07) is 12.8. The zero-order valence-corrected chi connectivity index (χ0v) is 14.4. The Morgan fingerprint density at radius 3 is 2.43 bits per heavy atom. The second kappa shape index (κ2) is 8.34. The largest absolute Gasteiger partial charge is 0.478 e. The van der Waals surface area contributed by atoms with E-state index in [2.05, 4.69) is 12.2 Å². The predicted molar refractivity (Wildman–Crippen MR) is 94.5 cm³/mol. The minimum Gasteiger partial charge on any atom is -0.478 e. The molecule has 0 heterocycles. The summed E-state index contributed by atoms with van der Waals surface area (Å²) in [4.78, 5) is 10.8. The molecule has 122 valence electrons. The van der Waals surface area contributed by atoms with Gasteiger partial charge in [-0.1, -0.05) is 48.3 Å². The van der Waals surface area contributed by atoms with Crippen molar-refractivity contribution in [2.24, 2.45) is 0 Å². The van der Waals surface area contributed by atoms with Crippen molar-refractivity contribution in [2.45, 2.75) is 32.4 Å². The van der Waals surface area contributed by atoms with Crippen LogP contribution < -0.4 is 5.32 Å². The molecule has 0 aliphatic carbocycles. The number of carboxylic acid groups (broad SMARTS) is 1. The second-order valence-electron chi connectivity index (χ2n) is 5.43. The second-order valence-corrected chi connectivity index (χ2v) is 6.27. The zero-order chi connectivity index (χ0) is 16.8. The van der Waals surface area contributed by atoms with Gasteiger partial charge in [-0.25, -0.2) is 4.79 Å². The maximum atomic E-state index is 10.8. The first-order valence-electron chi connectivity index (χ1n) is 7.49. The number of hydrogen-bond acceptors (Lipinski definition) is 2. The van der Waals surface area contributed by atoms with Gasteiger partial charge < -0.3 is 10.4 Å². The van der Waals surface area contributed by atoms with E-state index in [4.69, 9.17) is 28.3 Å². The third-order valence-electron chi connectivity index (χ3n) is 3.77. The summed E-state index contributed by atoms with van der Waals surface area (Å²) in [7, 11) is 0. The van der Waals surface area contributed by atoms with Crippen LogP contribution in [0.5, 0.6) is 0 Å². The van der Waals surface area contributed by atoms with Gasteiger partial charge in [0.05, 0.1) is 5.56 Å². The average molecular weight is 352 g/mol. The summed E-state index contributed by atoms with van der Waals surface area (Å²) in [5.41, 5.74) is 2.42. The molecule has 5 heteroatoms. The number of carboxylic acids is 1. The summed E-state index contributed by atoms with van der Waals surface area (Å²) in [6.45, 7) is 2.80. The molecule has 0 fully saturated rings. The van der Waals surface area contributed by atoms with Gasteiger partial charge in [-0.05, 0) is 48.2 Å². The van der Waals surface area contributed by atoms with Gasteiger partial charge in [0, 0.05) is 22.6 Å². The van der Waals surface area contributed by atoms with Crippen molar-refractivity contribution >= 4 is 29.2 Å². The van der Waals surface area contributed by atoms with Gasteiger partial charge >= 0.3 is 5.97 Å². The van der Waals surface area contributed by atoms with Gasteiger partial charge in [-0.15, -0.1) is 0 Å². The average Bonchev–Trinajstić information content (AvgIpc) is 2.53. The van der Waals surface area contributed by atoms with Crippen LogP contribution in [0, 0.1) is 0 Å². The Hall–Kier alpha value is -1.55. The van der Waals surface area contributed by atoms with Gasteiger partial charge in [-0.2, -0.15) is 0 Å². The minimum atomic E-state index is -0.909. The van der Waals surface area contributed by atoms with E-state index in [-0.39, 0.29) is 6.04 Å². The molecule has 0 aliphatic rings. The Kier molecular flexibility index (Phi) is 6.46. The molecule has 0 spiro atoms. The lowest BCUT2D eigenvalue weighted by Gasteiger charge is -2.18. The van der Waals surface area contributed by atoms with E-state index < -0.39 is 5.97 Å². The highest BCUT2D eigenvalue weighted by Gasteiger charge is 2.10. The van der Waals surface area contributed by atoms with Crippen LogP contribution in [0.2, 0.25) is 10.0 Å². The van der Waals surface area contributed by atoms with Crippen LogP contribution in [-0.4, -0.2) is 17.1 Å². The lowest BCUT2D eigenvalue weighted by molar-refractivity contribution is 0.0697. The molecule has 2 rings (SSSR count). The van der Waals surface area contributed by atoms with Crippen molar-refractivity contribution in [3.63, 3.8) is 0 Å². The third-order valence-corrected chi connectivity index (χ3v) is 4.36. The molecule has 0 amide bonds. The molecule has 2 aromatic carbocycles. The van der Waals surface area contributed by atoms with Crippen LogP contribution in [0.1, 0.15) is 34.8 Å². The maximum absolute atomic E-state index is 10.8. The molecule has 0 saturated carbocycles. The van der Waals surface area contributed by atoms with E-state index in [1.807, 2.05) is 24.3 Å². The minimum absolute atomic E-state index is 0.285. The van der Waals surface area contributed by atoms with E-state index >= 15 is 0 Å². The van der Waals surface area contributed by atoms with E-state index in [9.17, 15) is 4.79 Å². The Balaban J connectivity index is 1.95. The van der Waals surface area contributed by atoms with Crippen LogP contribution in [0.25, 0.3) is 0 Å². The topological polar surface area (TPSA) is 49.3 Å². The van der Waals surface area contributed by atoms with Crippen molar-refractivity contribution < 1.29 is 9.90 Å². The number of hydrogen-bond donors (Lipinski definition) is 2. The molecule has 3 nitrogen and oxygen atoms in total. The van der Waals surface area contributed by atoms with Crippen LogP contribution in [0.4, 0.5) is 0 Å². The highest BCUT2D eigenvalue weighted by atomic mass is 35.5. The molecule has 1 atom stereocenters. The normalized spacial score (nSPS) is 12.1. The highest BCUT2D eigenvalue weighted by Crippen LogP contribution is 2.22. The molecule has 0 saturated heterocycles. The first kappa shape index (κ1) is 17.8. The SMILES string of the molecule is CCC(Cc1ccc(Cl)cc1Cl)NCc1ccc(C(=O)O)cc1. The van der Waals surface area contributed by atoms with E-state index in [0.717, 1.165) is 24.0 Å². The fraction of sp³-hybridized carbons (Fsp3) is 0.278. The number of rotatable bonds is 7. The van der Waals surface area contributed by atoms with Crippen molar-refractivity contribution in [3.8, 4) is 0 Å². The molecular weight excluding hydrogens is 333 g/mol. The number of halogens is 2. The number of benzene rings is 2. The van der Waals surface area contributed by atoms with E-state index in [0.29, 0.717) is 22.2 Å². The molecule has 1 unspecified atom stereocenters. The maximum Gasteiger partial charge on any atom is 0.335 e. The fourth-order valence-corrected chi connectivity index (χ4v) is 2.83. The van der Waals surface area contributed by atoms with Crippen LogP contribution in [0.3, 0.4) is 0 Å². The van der Waals surface area contributed by atoms with Crippen LogP contribution in [-0.2, 0) is 13.0 Å². The third kappa shape index (κ3) is 5.24. The quantitative estimate of drug-likeness (QED) is 0.752. The summed E-state index contributed by atoms with van der Waals surface area (Å²) in [5.74, 6) is -0.909. The fourth-order valence-electron chi connectivity index (χ4n) is 2.34. The van der Waals surface area contributed by atoms with Crippen molar-refractivity contribution in [1.82, 2.24) is 5.32 Å². The summed E-state index contributed by atoms with van der Waals surface area (Å²) in [5, 5.41) is 13.7. The van der Waals surface area contributed by atoms with Crippen molar-refractivity contribution in [3.05, 3.63) is 69.2 Å². The van der Waals surface area contributed by atoms with E-state index in [1.54, 1.807) is 18.2 Å². The lowest BCUT2D eigenvalue weighted by atomic mass is 10.0. The molecule has 0 aromatic heterocycles. The Morgan fingerprint density at radius 2 is 1.87 bits per heavy atom. The lowest BCUT2D eigenvalue weighted by Crippen LogP contribution is -2.30. The van der Waals surface area contributed by atoms with Crippen LogP contribution >= 0.6 is 23.2 Å². The van der Waals surface area contributed by atoms with Crippen LogP contribution in [0.15, 0.2) is 42.5 Å². The standard InChI is InChI=1S/C18H19Cl2NO2/c1-2-16(9-14-7-8-15(19)10-17(14)20)21-11-12-3-5-13(6-4-12)18(22)23/h3-8,10,16,21H,2,9,11H2,1H3,(H,22,23). The summed E-state index contributed by atoms with van der Waals surface area (Å²) in [6.07, 6.45) is 1.78. The Morgan fingerprint density at radius 1 is 1.17 bits per heavy atom. The number of aromatic carboxylic acids is 1. The smallest absolute Gasteiger partial charge is 0.335 e. The molecule has 2 N–H and O–H groups in total. The summed E-state index contributed by atoms with van der Waals surface area (Å²) >= 11 is 12.1. The number of carbonyl (C=O) groups is 1. The molecule has 23 heavy (non-hydrogen) atoms. The van der Waals surface area contributed by atoms with Crippen molar-refractivity contribution in [2.75, 3.05) is 0 Å². The first-order chi connectivity index (χ1) is 11.0. The van der Waals surface area contributed by atoms with Gasteiger partial charge in [0.2, 0.25) is 0 Å². The van der Waals surface area contributed by atoms with Gasteiger partial charge in [0.1, 0.15) is 0 Å². The predicted octanol–water partition coefficient (Wildman–Crippen LogP) is 4.80. The Bertz CT molecular complexity index is 671. The monoisotopic (exact) mass is 351 g/mol. The van der Waals surface area contributed by atoms with Gasteiger partial charge in [-0.3, -0.25) is 0 Å². The first-order valence-corrected chi connectivity index (χ1v) is 8.24. The highest BCUT2D eigenvalue weighted by molar-refractivity contribution is 6.35. The Labute approximate surface area is 146 Å². The van der Waals surface area contributed by atoms with E-state index in [1.165, 1.54) is 0 Å². The van der Waals surface area contributed by atoms with Gasteiger partial charge in [0.15, 0.2) is 0 Å².